The van der Waals surface area contributed by atoms with Gasteiger partial charge in [0, 0.05) is 18.7 Å². The van der Waals surface area contributed by atoms with Crippen LogP contribution in [-0.4, -0.2) is 23.5 Å². The van der Waals surface area contributed by atoms with E-state index in [1.807, 2.05) is 6.92 Å². The van der Waals surface area contributed by atoms with E-state index in [2.05, 4.69) is 29.5 Å². The Morgan fingerprint density at radius 1 is 1.38 bits per heavy atom. The Balaban J connectivity index is 0.00000400. The number of hydrogen-bond donors (Lipinski definition) is 2. The van der Waals surface area contributed by atoms with E-state index in [0.29, 0.717) is 17.6 Å². The molecule has 1 rings (SSSR count). The van der Waals surface area contributed by atoms with E-state index in [1.165, 1.54) is 6.07 Å². The summed E-state index contributed by atoms with van der Waals surface area (Å²) in [4.78, 5) is 15.0. The Bertz CT molecular complexity index is 480. The SMILES string of the molecule is CCNC(=NCc1ccccc1[N+](=O)[O-])NC(C)CC.I. The average Bonchev–Trinajstić information content (AvgIpc) is 2.45. The summed E-state index contributed by atoms with van der Waals surface area (Å²) < 4.78 is 0. The third-order valence-corrected chi connectivity index (χ3v) is 2.94. The molecule has 0 aliphatic carbocycles. The topological polar surface area (TPSA) is 79.6 Å². The Morgan fingerprint density at radius 2 is 2.05 bits per heavy atom. The summed E-state index contributed by atoms with van der Waals surface area (Å²) in [7, 11) is 0. The van der Waals surface area contributed by atoms with Gasteiger partial charge in [0.05, 0.1) is 17.0 Å². The van der Waals surface area contributed by atoms with E-state index in [1.54, 1.807) is 18.2 Å². The normalized spacial score (nSPS) is 12.2. The molecule has 0 fully saturated rings. The van der Waals surface area contributed by atoms with Gasteiger partial charge in [0.15, 0.2) is 5.96 Å². The summed E-state index contributed by atoms with van der Waals surface area (Å²) >= 11 is 0. The number of nitro groups is 1. The van der Waals surface area contributed by atoms with Crippen LogP contribution in [-0.2, 0) is 6.54 Å². The summed E-state index contributed by atoms with van der Waals surface area (Å²) in [6.07, 6.45) is 0.982. The van der Waals surface area contributed by atoms with Gasteiger partial charge in [-0.2, -0.15) is 0 Å². The van der Waals surface area contributed by atoms with Crippen molar-refractivity contribution in [1.82, 2.24) is 10.6 Å². The highest BCUT2D eigenvalue weighted by molar-refractivity contribution is 14.0. The van der Waals surface area contributed by atoms with E-state index in [0.717, 1.165) is 13.0 Å². The third-order valence-electron chi connectivity index (χ3n) is 2.94. The van der Waals surface area contributed by atoms with Crippen LogP contribution in [0.1, 0.15) is 32.8 Å². The first-order valence-electron chi connectivity index (χ1n) is 6.85. The minimum absolute atomic E-state index is 0. The maximum Gasteiger partial charge on any atom is 0.274 e. The molecule has 1 aromatic carbocycles. The Labute approximate surface area is 142 Å². The molecule has 0 aliphatic heterocycles. The molecular weight excluding hydrogens is 383 g/mol. The number of nitrogens with one attached hydrogen (secondary N) is 2. The lowest BCUT2D eigenvalue weighted by Gasteiger charge is -2.16. The van der Waals surface area contributed by atoms with E-state index in [-0.39, 0.29) is 41.1 Å². The lowest BCUT2D eigenvalue weighted by Crippen LogP contribution is -2.41. The van der Waals surface area contributed by atoms with E-state index in [9.17, 15) is 10.1 Å². The monoisotopic (exact) mass is 406 g/mol. The molecule has 0 amide bonds. The standard InChI is InChI=1S/C14H22N4O2.HI/c1-4-11(3)17-14(15-5-2)16-10-12-8-6-7-9-13(12)18(19)20;/h6-9,11H,4-5,10H2,1-3H3,(H2,15,16,17);1H. The summed E-state index contributed by atoms with van der Waals surface area (Å²) in [5, 5.41) is 17.3. The van der Waals surface area contributed by atoms with Crippen LogP contribution in [0.4, 0.5) is 5.69 Å². The zero-order chi connectivity index (χ0) is 15.0. The predicted molar refractivity (Wildman–Crippen MR) is 96.2 cm³/mol. The molecule has 0 heterocycles. The highest BCUT2D eigenvalue weighted by Crippen LogP contribution is 2.18. The first kappa shape index (κ1) is 19.6. The molecule has 21 heavy (non-hydrogen) atoms. The number of rotatable bonds is 6. The average molecular weight is 406 g/mol. The highest BCUT2D eigenvalue weighted by Gasteiger charge is 2.12. The molecule has 0 aliphatic rings. The lowest BCUT2D eigenvalue weighted by molar-refractivity contribution is -0.385. The second kappa shape index (κ2) is 10.4. The second-order valence-corrected chi connectivity index (χ2v) is 4.53. The van der Waals surface area contributed by atoms with Crippen molar-refractivity contribution in [2.45, 2.75) is 39.8 Å². The van der Waals surface area contributed by atoms with Gasteiger partial charge in [-0.25, -0.2) is 4.99 Å². The van der Waals surface area contributed by atoms with Gasteiger partial charge in [0.2, 0.25) is 0 Å². The number of para-hydroxylation sites is 1. The van der Waals surface area contributed by atoms with Crippen molar-refractivity contribution in [2.75, 3.05) is 6.54 Å². The van der Waals surface area contributed by atoms with Gasteiger partial charge in [-0.15, -0.1) is 24.0 Å². The van der Waals surface area contributed by atoms with Crippen molar-refractivity contribution < 1.29 is 4.92 Å². The Morgan fingerprint density at radius 3 is 2.62 bits per heavy atom. The van der Waals surface area contributed by atoms with Gasteiger partial charge in [-0.1, -0.05) is 25.1 Å². The molecule has 1 atom stereocenters. The van der Waals surface area contributed by atoms with E-state index < -0.39 is 0 Å². The van der Waals surface area contributed by atoms with Crippen molar-refractivity contribution in [2.24, 2.45) is 4.99 Å². The molecule has 0 spiro atoms. The van der Waals surface area contributed by atoms with Crippen LogP contribution >= 0.6 is 24.0 Å². The fourth-order valence-electron chi connectivity index (χ4n) is 1.64. The van der Waals surface area contributed by atoms with Crippen LogP contribution in [0.3, 0.4) is 0 Å². The van der Waals surface area contributed by atoms with Gasteiger partial charge < -0.3 is 10.6 Å². The Kier molecular flexibility index (Phi) is 9.68. The molecule has 7 heteroatoms. The van der Waals surface area contributed by atoms with Crippen LogP contribution in [0.2, 0.25) is 0 Å². The largest absolute Gasteiger partial charge is 0.357 e. The number of guanidine groups is 1. The molecule has 0 saturated carbocycles. The number of aliphatic imine (C=N–C) groups is 1. The molecule has 0 aromatic heterocycles. The van der Waals surface area contributed by atoms with Gasteiger partial charge in [-0.05, 0) is 20.3 Å². The molecule has 0 bridgehead atoms. The minimum atomic E-state index is -0.375. The van der Waals surface area contributed by atoms with Crippen LogP contribution in [0.5, 0.6) is 0 Å². The fraction of sp³-hybridized carbons (Fsp3) is 0.500. The molecule has 0 saturated heterocycles. The van der Waals surface area contributed by atoms with Gasteiger partial charge in [0.25, 0.3) is 5.69 Å². The maximum atomic E-state index is 10.9. The van der Waals surface area contributed by atoms with Gasteiger partial charge in [-0.3, -0.25) is 10.1 Å². The lowest BCUT2D eigenvalue weighted by atomic mass is 10.2. The highest BCUT2D eigenvalue weighted by atomic mass is 127. The molecule has 1 unspecified atom stereocenters. The summed E-state index contributed by atoms with van der Waals surface area (Å²) in [5.41, 5.74) is 0.717. The number of hydrogen-bond acceptors (Lipinski definition) is 3. The molecular formula is C14H23IN4O2. The first-order valence-corrected chi connectivity index (χ1v) is 6.85. The predicted octanol–water partition coefficient (Wildman–Crippen LogP) is 3.07. The van der Waals surface area contributed by atoms with E-state index in [4.69, 9.17) is 0 Å². The van der Waals surface area contributed by atoms with Crippen LogP contribution < -0.4 is 10.6 Å². The molecule has 0 radical (unpaired) electrons. The number of halogens is 1. The molecule has 118 valence electrons. The van der Waals surface area contributed by atoms with E-state index >= 15 is 0 Å². The van der Waals surface area contributed by atoms with Crippen molar-refractivity contribution in [3.05, 3.63) is 39.9 Å². The first-order chi connectivity index (χ1) is 9.58. The van der Waals surface area contributed by atoms with Crippen LogP contribution in [0.25, 0.3) is 0 Å². The van der Waals surface area contributed by atoms with Gasteiger partial charge in [0.1, 0.15) is 0 Å². The van der Waals surface area contributed by atoms with Crippen LogP contribution in [0.15, 0.2) is 29.3 Å². The third kappa shape index (κ3) is 6.74. The summed E-state index contributed by atoms with van der Waals surface area (Å²) in [6.45, 7) is 7.17. The fourth-order valence-corrected chi connectivity index (χ4v) is 1.64. The maximum absolute atomic E-state index is 10.9. The van der Waals surface area contributed by atoms with Gasteiger partial charge >= 0.3 is 0 Å². The van der Waals surface area contributed by atoms with Crippen molar-refractivity contribution in [3.63, 3.8) is 0 Å². The molecule has 2 N–H and O–H groups in total. The zero-order valence-electron chi connectivity index (χ0n) is 12.6. The second-order valence-electron chi connectivity index (χ2n) is 4.53. The zero-order valence-corrected chi connectivity index (χ0v) is 15.0. The molecule has 1 aromatic rings. The Hall–Kier alpha value is -1.38. The number of nitrogens with zero attached hydrogens (tertiary/aromatic N) is 2. The number of benzene rings is 1. The summed E-state index contributed by atoms with van der Waals surface area (Å²) in [6, 6.07) is 6.98. The van der Waals surface area contributed by atoms with Crippen LogP contribution in [0, 0.1) is 10.1 Å². The quantitative estimate of drug-likeness (QED) is 0.250. The molecule has 6 nitrogen and oxygen atoms in total. The summed E-state index contributed by atoms with van der Waals surface area (Å²) in [5.74, 6) is 0.681. The minimum Gasteiger partial charge on any atom is -0.357 e. The van der Waals surface area contributed by atoms with Crippen molar-refractivity contribution >= 4 is 35.6 Å². The smallest absolute Gasteiger partial charge is 0.274 e. The van der Waals surface area contributed by atoms with Crippen molar-refractivity contribution in [1.29, 1.82) is 0 Å². The van der Waals surface area contributed by atoms with Crippen molar-refractivity contribution in [3.8, 4) is 0 Å². The number of nitro benzene ring substituents is 1.